The number of alkyl halides is 1. The van der Waals surface area contributed by atoms with Crippen molar-refractivity contribution in [3.63, 3.8) is 0 Å². The number of hydrogen-bond donors (Lipinski definition) is 3. The highest BCUT2D eigenvalue weighted by molar-refractivity contribution is 9.09. The molecule has 0 spiro atoms. The van der Waals surface area contributed by atoms with Gasteiger partial charge in [0, 0.05) is 76.5 Å². The van der Waals surface area contributed by atoms with Gasteiger partial charge in [0.1, 0.15) is 17.1 Å². The SMILES string of the molecule is Cc1cc(-c2nc3ccccn3c2-c2ccc3c(c2)NC(=O)CO3)ccn1.Cc1cc(-c2nc3ncccn3c2-c2ccc3c(c2)N(CCO)C(=O)CO3)ccn1.OCCBr. The van der Waals surface area contributed by atoms with Crippen molar-refractivity contribution in [2.24, 2.45) is 0 Å². The summed E-state index contributed by atoms with van der Waals surface area (Å²) >= 11 is 3.00. The number of nitrogens with zero attached hydrogens (tertiary/aromatic N) is 8. The number of β-amino-alcohol motifs (C(OH)–C–C–N with tert-alkyl or cyclic N) is 1. The molecule has 2 aliphatic rings. The van der Waals surface area contributed by atoms with Gasteiger partial charge in [-0.3, -0.25) is 28.4 Å². The van der Waals surface area contributed by atoms with Gasteiger partial charge in [-0.1, -0.05) is 22.0 Å². The highest BCUT2D eigenvalue weighted by atomic mass is 79.9. The molecule has 2 aromatic carbocycles. The van der Waals surface area contributed by atoms with Gasteiger partial charge in [0.05, 0.1) is 47.4 Å². The first-order valence-electron chi connectivity index (χ1n) is 19.3. The van der Waals surface area contributed by atoms with E-state index in [1.807, 2.05) is 116 Å². The third-order valence-electron chi connectivity index (χ3n) is 9.74. The molecule has 15 nitrogen and oxygen atoms in total. The average molecular weight is 883 g/mol. The van der Waals surface area contributed by atoms with Crippen LogP contribution in [0.25, 0.3) is 56.5 Å². The lowest BCUT2D eigenvalue weighted by Gasteiger charge is -2.29. The number of ether oxygens (including phenoxy) is 2. The molecule has 6 aromatic heterocycles. The summed E-state index contributed by atoms with van der Waals surface area (Å²) in [5, 5.41) is 20.8. The third kappa shape index (κ3) is 8.54. The number of carbonyl (C=O) groups excluding carboxylic acids is 2. The number of nitrogens with one attached hydrogen (secondary N) is 1. The van der Waals surface area contributed by atoms with E-state index in [1.165, 1.54) is 0 Å². The first-order chi connectivity index (χ1) is 29.8. The maximum atomic E-state index is 12.3. The van der Waals surface area contributed by atoms with Crippen LogP contribution in [0.1, 0.15) is 11.4 Å². The second-order valence-corrected chi connectivity index (χ2v) is 14.7. The number of aryl methyl sites for hydroxylation is 2. The van der Waals surface area contributed by atoms with Gasteiger partial charge in [-0.25, -0.2) is 15.0 Å². The van der Waals surface area contributed by atoms with Crippen molar-refractivity contribution in [1.29, 1.82) is 0 Å². The molecule has 8 aromatic rings. The molecular weight excluding hydrogens is 842 g/mol. The molecule has 0 radical (unpaired) electrons. The van der Waals surface area contributed by atoms with E-state index in [9.17, 15) is 14.7 Å². The summed E-state index contributed by atoms with van der Waals surface area (Å²) in [5.74, 6) is 1.53. The van der Waals surface area contributed by atoms with Gasteiger partial charge in [-0.15, -0.1) is 0 Å². The maximum absolute atomic E-state index is 12.3. The summed E-state index contributed by atoms with van der Waals surface area (Å²) in [6.45, 7) is 4.23. The molecule has 0 saturated carbocycles. The van der Waals surface area contributed by atoms with Crippen LogP contribution in [0.15, 0.2) is 116 Å². The van der Waals surface area contributed by atoms with Crippen LogP contribution in [0.2, 0.25) is 0 Å². The molecule has 2 aliphatic heterocycles. The van der Waals surface area contributed by atoms with E-state index in [4.69, 9.17) is 24.5 Å². The Labute approximate surface area is 358 Å². The van der Waals surface area contributed by atoms with Gasteiger partial charge >= 0.3 is 0 Å². The predicted octanol–water partition coefficient (Wildman–Crippen LogP) is 6.56. The Morgan fingerprint density at radius 3 is 2.05 bits per heavy atom. The molecule has 16 heteroatoms. The van der Waals surface area contributed by atoms with Gasteiger partial charge in [0.25, 0.3) is 11.8 Å². The van der Waals surface area contributed by atoms with Crippen molar-refractivity contribution in [2.75, 3.05) is 48.5 Å². The van der Waals surface area contributed by atoms with Gasteiger partial charge in [-0.2, -0.15) is 0 Å². The molecule has 0 bridgehead atoms. The minimum absolute atomic E-state index is 0.0343. The van der Waals surface area contributed by atoms with Crippen molar-refractivity contribution in [3.05, 3.63) is 127 Å². The van der Waals surface area contributed by atoms with Crippen LogP contribution in [0, 0.1) is 13.8 Å². The fourth-order valence-corrected chi connectivity index (χ4v) is 7.15. The number of pyridine rings is 3. The quantitative estimate of drug-likeness (QED) is 0.148. The first-order valence-corrected chi connectivity index (χ1v) is 20.5. The average Bonchev–Trinajstić information content (AvgIpc) is 3.87. The Kier molecular flexibility index (Phi) is 12.1. The van der Waals surface area contributed by atoms with Crippen LogP contribution >= 0.6 is 15.9 Å². The standard InChI is InChI=1S/C22H19N5O3.C21H16N4O2.C2H5BrO/c1-14-11-15(5-7-23-14)20-21(27-8-2-6-24-22(27)25-20)16-3-4-18-17(12-16)26(9-10-28)19(29)13-30-18;1-13-10-14(7-8-22-13)20-21(25-9-3-2-4-18(25)24-20)15-5-6-17-16(11-15)23-19(26)12-27-17;3-1-2-4/h2-8,11-12,28H,9-10,13H2,1H3;2-11H,12H2,1H3,(H,23,26);4H,1-2H2. The number of halogens is 1. The summed E-state index contributed by atoms with van der Waals surface area (Å²) in [6, 6.07) is 27.1. The monoisotopic (exact) mass is 881 g/mol. The number of hydrogen-bond acceptors (Lipinski definition) is 11. The minimum Gasteiger partial charge on any atom is -0.482 e. The Morgan fingerprint density at radius 1 is 0.689 bits per heavy atom. The molecule has 0 fully saturated rings. The summed E-state index contributed by atoms with van der Waals surface area (Å²) in [4.78, 5) is 48.2. The van der Waals surface area contributed by atoms with Gasteiger partial charge in [-0.05, 0) is 92.7 Å². The molecule has 0 saturated heterocycles. The molecule has 308 valence electrons. The van der Waals surface area contributed by atoms with Crippen molar-refractivity contribution >= 4 is 50.5 Å². The number of amides is 2. The van der Waals surface area contributed by atoms with Crippen LogP contribution in [-0.4, -0.2) is 94.1 Å². The second-order valence-electron chi connectivity index (χ2n) is 13.9. The molecule has 0 unspecified atom stereocenters. The third-order valence-corrected chi connectivity index (χ3v) is 10.1. The summed E-state index contributed by atoms with van der Waals surface area (Å²) < 4.78 is 15.0. The van der Waals surface area contributed by atoms with Crippen molar-refractivity contribution in [2.45, 2.75) is 13.8 Å². The molecule has 10 rings (SSSR count). The Bertz CT molecular complexity index is 2890. The molecule has 3 N–H and O–H groups in total. The lowest BCUT2D eigenvalue weighted by molar-refractivity contribution is -0.121. The highest BCUT2D eigenvalue weighted by Crippen LogP contribution is 2.40. The molecular formula is C45H40BrN9O6. The highest BCUT2D eigenvalue weighted by Gasteiger charge is 2.27. The van der Waals surface area contributed by atoms with Crippen LogP contribution < -0.4 is 19.7 Å². The Morgan fingerprint density at radius 2 is 1.34 bits per heavy atom. The van der Waals surface area contributed by atoms with Crippen LogP contribution in [-0.2, 0) is 9.59 Å². The van der Waals surface area contributed by atoms with Crippen LogP contribution in [0.4, 0.5) is 11.4 Å². The topological polar surface area (TPSA) is 182 Å². The largest absolute Gasteiger partial charge is 0.482 e. The van der Waals surface area contributed by atoms with Crippen molar-refractivity contribution in [3.8, 4) is 56.5 Å². The fraction of sp³-hybridized carbons (Fsp3) is 0.178. The van der Waals surface area contributed by atoms with E-state index in [0.29, 0.717) is 34.0 Å². The summed E-state index contributed by atoms with van der Waals surface area (Å²) in [7, 11) is 0. The molecule has 0 atom stereocenters. The number of benzene rings is 2. The Balaban J connectivity index is 0.000000156. The van der Waals surface area contributed by atoms with Crippen LogP contribution in [0.3, 0.4) is 0 Å². The number of aromatic nitrogens is 7. The van der Waals surface area contributed by atoms with E-state index < -0.39 is 0 Å². The number of imidazole rings is 2. The Hall–Kier alpha value is -7.01. The zero-order valence-corrected chi connectivity index (χ0v) is 34.8. The van der Waals surface area contributed by atoms with Gasteiger partial charge in [0.2, 0.25) is 5.78 Å². The summed E-state index contributed by atoms with van der Waals surface area (Å²) in [5.41, 5.74) is 11.2. The van der Waals surface area contributed by atoms with E-state index in [1.54, 1.807) is 23.5 Å². The normalized spacial score (nSPS) is 12.9. The number of aliphatic hydroxyl groups is 2. The van der Waals surface area contributed by atoms with E-state index >= 15 is 0 Å². The zero-order valence-electron chi connectivity index (χ0n) is 33.2. The minimum atomic E-state index is -0.182. The first kappa shape index (κ1) is 40.8. The fourth-order valence-electron chi connectivity index (χ4n) is 7.15. The number of aliphatic hydroxyl groups excluding tert-OH is 2. The van der Waals surface area contributed by atoms with Crippen molar-refractivity contribution < 1.29 is 29.3 Å². The lowest BCUT2D eigenvalue weighted by Crippen LogP contribution is -2.40. The molecule has 8 heterocycles. The van der Waals surface area contributed by atoms with Gasteiger partial charge in [0.15, 0.2) is 13.2 Å². The lowest BCUT2D eigenvalue weighted by atomic mass is 10.0. The van der Waals surface area contributed by atoms with Gasteiger partial charge < -0.3 is 29.9 Å². The van der Waals surface area contributed by atoms with E-state index in [-0.39, 0.29) is 44.8 Å². The number of carbonyl (C=O) groups is 2. The zero-order chi connectivity index (χ0) is 42.5. The summed E-state index contributed by atoms with van der Waals surface area (Å²) in [6.07, 6.45) is 9.15. The molecule has 2 amide bonds. The molecule has 0 aliphatic carbocycles. The smallest absolute Gasteiger partial charge is 0.265 e. The number of fused-ring (bicyclic) bond motifs is 4. The molecule has 61 heavy (non-hydrogen) atoms. The van der Waals surface area contributed by atoms with Crippen molar-refractivity contribution in [1.82, 2.24) is 33.7 Å². The predicted molar refractivity (Wildman–Crippen MR) is 235 cm³/mol. The second kappa shape index (κ2) is 18.1. The van der Waals surface area contributed by atoms with Crippen LogP contribution in [0.5, 0.6) is 11.5 Å². The number of rotatable bonds is 7. The van der Waals surface area contributed by atoms with E-state index in [0.717, 1.165) is 62.1 Å². The number of anilines is 2. The van der Waals surface area contributed by atoms with E-state index in [2.05, 4.69) is 40.6 Å². The maximum Gasteiger partial charge on any atom is 0.265 e.